The lowest BCUT2D eigenvalue weighted by atomic mass is 9.94. The summed E-state index contributed by atoms with van der Waals surface area (Å²) in [4.78, 5) is 26.2. The van der Waals surface area contributed by atoms with Crippen LogP contribution in [0.15, 0.2) is 62.0 Å². The van der Waals surface area contributed by atoms with Gasteiger partial charge in [0.05, 0.1) is 0 Å². The zero-order chi connectivity index (χ0) is 20.3. The van der Waals surface area contributed by atoms with E-state index in [-0.39, 0.29) is 30.7 Å². The summed E-state index contributed by atoms with van der Waals surface area (Å²) in [7, 11) is 0. The number of benzene rings is 1. The van der Waals surface area contributed by atoms with Crippen molar-refractivity contribution in [2.24, 2.45) is 0 Å². The number of aliphatic hydroxyl groups is 1. The highest BCUT2D eigenvalue weighted by Gasteiger charge is 2.35. The number of hydrogen-bond acceptors (Lipinski definition) is 5. The van der Waals surface area contributed by atoms with E-state index in [1.807, 2.05) is 30.3 Å². The Labute approximate surface area is 170 Å². The molecule has 0 saturated carbocycles. The molecule has 0 atom stereocenters. The second kappa shape index (κ2) is 8.38. The number of nitriles is 1. The normalized spacial score (nSPS) is 16.1. The van der Waals surface area contributed by atoms with Crippen LogP contribution in [-0.2, 0) is 9.59 Å². The predicted molar refractivity (Wildman–Crippen MR) is 107 cm³/mol. The first kappa shape index (κ1) is 19.8. The molecule has 2 aromatic rings. The maximum atomic E-state index is 12.8. The number of carbonyl (C=O) groups excluding carboxylic acids is 2. The fraction of sp³-hybridized carbons (Fsp3) is 0.190. The van der Waals surface area contributed by atoms with E-state index in [0.29, 0.717) is 17.1 Å². The van der Waals surface area contributed by atoms with Crippen molar-refractivity contribution in [3.05, 3.63) is 63.4 Å². The van der Waals surface area contributed by atoms with Crippen LogP contribution in [0.25, 0.3) is 17.4 Å². The van der Waals surface area contributed by atoms with Gasteiger partial charge in [0.25, 0.3) is 11.8 Å². The Balaban J connectivity index is 1.99. The zero-order valence-corrected chi connectivity index (χ0v) is 16.7. The van der Waals surface area contributed by atoms with Crippen LogP contribution in [0.1, 0.15) is 19.1 Å². The Bertz CT molecular complexity index is 1030. The summed E-state index contributed by atoms with van der Waals surface area (Å²) in [5, 5.41) is 18.4. The molecule has 142 valence electrons. The molecule has 3 rings (SSSR count). The Kier molecular flexibility index (Phi) is 5.93. The molecule has 0 unspecified atom stereocenters. The quantitative estimate of drug-likeness (QED) is 0.564. The van der Waals surface area contributed by atoms with Crippen LogP contribution in [0.3, 0.4) is 0 Å². The number of rotatable bonds is 5. The van der Waals surface area contributed by atoms with Crippen LogP contribution in [0.5, 0.6) is 0 Å². The molecule has 28 heavy (non-hydrogen) atoms. The van der Waals surface area contributed by atoms with Crippen LogP contribution in [0.4, 0.5) is 0 Å². The molecule has 0 bridgehead atoms. The van der Waals surface area contributed by atoms with Crippen molar-refractivity contribution in [3.8, 4) is 17.4 Å². The van der Waals surface area contributed by atoms with E-state index >= 15 is 0 Å². The molecule has 1 aromatic heterocycles. The minimum Gasteiger partial charge on any atom is -0.457 e. The lowest BCUT2D eigenvalue weighted by Crippen LogP contribution is -2.43. The first-order chi connectivity index (χ1) is 13.5. The van der Waals surface area contributed by atoms with E-state index < -0.39 is 11.8 Å². The average molecular weight is 441 g/mol. The van der Waals surface area contributed by atoms with Crippen LogP contribution in [0, 0.1) is 11.3 Å². The predicted octanol–water partition coefficient (Wildman–Crippen LogP) is 3.68. The van der Waals surface area contributed by atoms with Crippen molar-refractivity contribution in [2.45, 2.75) is 13.3 Å². The van der Waals surface area contributed by atoms with Gasteiger partial charge in [-0.1, -0.05) is 28.1 Å². The number of nitrogens with zero attached hydrogens (tertiary/aromatic N) is 2. The molecule has 6 nitrogen and oxygen atoms in total. The van der Waals surface area contributed by atoms with Crippen molar-refractivity contribution < 1.29 is 19.1 Å². The van der Waals surface area contributed by atoms with Gasteiger partial charge in [-0.3, -0.25) is 14.5 Å². The number of imide groups is 1. The molecule has 1 aliphatic rings. The Morgan fingerprint density at radius 1 is 1.18 bits per heavy atom. The van der Waals surface area contributed by atoms with Gasteiger partial charge in [-0.2, -0.15) is 5.26 Å². The zero-order valence-electron chi connectivity index (χ0n) is 15.1. The fourth-order valence-corrected chi connectivity index (χ4v) is 3.17. The smallest absolute Gasteiger partial charge is 0.271 e. The number of furan rings is 1. The monoisotopic (exact) mass is 440 g/mol. The minimum atomic E-state index is -0.634. The van der Waals surface area contributed by atoms with Gasteiger partial charge in [-0.15, -0.1) is 0 Å². The summed E-state index contributed by atoms with van der Waals surface area (Å²) in [6, 6.07) is 13.0. The third-order valence-electron chi connectivity index (χ3n) is 4.41. The van der Waals surface area contributed by atoms with Gasteiger partial charge in [0, 0.05) is 28.8 Å². The van der Waals surface area contributed by atoms with Crippen molar-refractivity contribution in [2.75, 3.05) is 13.2 Å². The van der Waals surface area contributed by atoms with Crippen molar-refractivity contribution >= 4 is 33.8 Å². The molecule has 0 spiro atoms. The summed E-state index contributed by atoms with van der Waals surface area (Å²) in [6.07, 6.45) is 1.78. The lowest BCUT2D eigenvalue weighted by Gasteiger charge is -2.27. The van der Waals surface area contributed by atoms with Crippen LogP contribution >= 0.6 is 15.9 Å². The van der Waals surface area contributed by atoms with Gasteiger partial charge in [0.2, 0.25) is 0 Å². The third kappa shape index (κ3) is 3.84. The third-order valence-corrected chi connectivity index (χ3v) is 4.94. The van der Waals surface area contributed by atoms with Gasteiger partial charge < -0.3 is 9.52 Å². The van der Waals surface area contributed by atoms with Crippen LogP contribution in [0.2, 0.25) is 0 Å². The molecular formula is C21H17BrN2O4. The second-order valence-corrected chi connectivity index (χ2v) is 7.13. The van der Waals surface area contributed by atoms with E-state index in [1.54, 1.807) is 19.1 Å². The van der Waals surface area contributed by atoms with Gasteiger partial charge in [0.15, 0.2) is 0 Å². The first-order valence-electron chi connectivity index (χ1n) is 8.62. The van der Waals surface area contributed by atoms with Crippen molar-refractivity contribution in [1.82, 2.24) is 4.90 Å². The number of aliphatic hydroxyl groups excluding tert-OH is 1. The Morgan fingerprint density at radius 2 is 1.89 bits per heavy atom. The lowest BCUT2D eigenvalue weighted by molar-refractivity contribution is -0.140. The maximum Gasteiger partial charge on any atom is 0.271 e. The van der Waals surface area contributed by atoms with E-state index in [2.05, 4.69) is 15.9 Å². The highest BCUT2D eigenvalue weighted by molar-refractivity contribution is 9.10. The highest BCUT2D eigenvalue weighted by atomic mass is 79.9. The molecular weight excluding hydrogens is 424 g/mol. The number of hydrogen-bond donors (Lipinski definition) is 1. The molecule has 2 heterocycles. The van der Waals surface area contributed by atoms with Crippen LogP contribution in [-0.4, -0.2) is 35.0 Å². The summed E-state index contributed by atoms with van der Waals surface area (Å²) >= 11 is 3.39. The summed E-state index contributed by atoms with van der Waals surface area (Å²) < 4.78 is 6.78. The highest BCUT2D eigenvalue weighted by Crippen LogP contribution is 2.29. The first-order valence-corrected chi connectivity index (χ1v) is 9.41. The molecule has 0 aliphatic carbocycles. The molecule has 0 fully saturated rings. The summed E-state index contributed by atoms with van der Waals surface area (Å²) in [6.45, 7) is 1.46. The second-order valence-electron chi connectivity index (χ2n) is 6.22. The fourth-order valence-electron chi connectivity index (χ4n) is 2.90. The molecule has 1 aliphatic heterocycles. The van der Waals surface area contributed by atoms with Gasteiger partial charge in [0.1, 0.15) is 23.2 Å². The number of halogens is 1. The van der Waals surface area contributed by atoms with Crippen LogP contribution < -0.4 is 0 Å². The largest absolute Gasteiger partial charge is 0.457 e. The molecule has 1 aromatic carbocycles. The number of carbonyl (C=O) groups is 2. The summed E-state index contributed by atoms with van der Waals surface area (Å²) in [5.74, 6) is -0.0607. The topological polar surface area (TPSA) is 94.5 Å². The minimum absolute atomic E-state index is 0.0479. The van der Waals surface area contributed by atoms with Crippen molar-refractivity contribution in [3.63, 3.8) is 0 Å². The van der Waals surface area contributed by atoms with Gasteiger partial charge >= 0.3 is 0 Å². The Morgan fingerprint density at radius 3 is 2.54 bits per heavy atom. The number of amides is 2. The molecule has 1 N–H and O–H groups in total. The maximum absolute atomic E-state index is 12.8. The van der Waals surface area contributed by atoms with E-state index in [1.165, 1.54) is 6.08 Å². The molecule has 7 heteroatoms. The van der Waals surface area contributed by atoms with E-state index in [4.69, 9.17) is 9.52 Å². The van der Waals surface area contributed by atoms with E-state index in [0.717, 1.165) is 14.9 Å². The molecule has 0 saturated heterocycles. The van der Waals surface area contributed by atoms with Crippen molar-refractivity contribution in [1.29, 1.82) is 5.26 Å². The summed E-state index contributed by atoms with van der Waals surface area (Å²) in [5.41, 5.74) is 1.35. The SMILES string of the molecule is CC1=C(C#N)C(=O)N(CCCO)C(=O)/C1=C\c1ccc(-c2ccc(Br)cc2)o1. The van der Waals surface area contributed by atoms with E-state index in [9.17, 15) is 14.9 Å². The van der Waals surface area contributed by atoms with Gasteiger partial charge in [-0.05, 0) is 49.3 Å². The standard InChI is InChI=1S/C21H17BrN2O4/c1-13-17(20(26)24(9-2-10-25)21(27)18(13)12-23)11-16-7-8-19(28-16)14-3-5-15(22)6-4-14/h3-8,11,25H,2,9-10H2,1H3/b17-11-. The average Bonchev–Trinajstić information content (AvgIpc) is 3.15. The molecule has 2 amide bonds. The Hall–Kier alpha value is -2.95. The van der Waals surface area contributed by atoms with Gasteiger partial charge in [-0.25, -0.2) is 0 Å². The molecule has 0 radical (unpaired) electrons.